The zero-order valence-corrected chi connectivity index (χ0v) is 22.0. The third kappa shape index (κ3) is 6.61. The quantitative estimate of drug-likeness (QED) is 0.338. The average molecular weight is 553 g/mol. The fraction of sp³-hybridized carbons (Fsp3) is 0.296. The van der Waals surface area contributed by atoms with E-state index in [0.29, 0.717) is 43.4 Å². The second kappa shape index (κ2) is 12.8. The van der Waals surface area contributed by atoms with Gasteiger partial charge in [-0.25, -0.2) is 23.9 Å². The number of benzene rings is 2. The second-order valence-corrected chi connectivity index (χ2v) is 8.52. The van der Waals surface area contributed by atoms with Gasteiger partial charge < -0.3 is 35.5 Å². The summed E-state index contributed by atoms with van der Waals surface area (Å²) < 4.78 is 31.7. The van der Waals surface area contributed by atoms with Gasteiger partial charge >= 0.3 is 12.0 Å². The molecule has 1 aliphatic heterocycles. The molecule has 13 heteroatoms. The summed E-state index contributed by atoms with van der Waals surface area (Å²) in [6.07, 6.45) is 0. The molecular formula is C27H29FN6O6. The maximum absolute atomic E-state index is 15.4. The second-order valence-electron chi connectivity index (χ2n) is 8.52. The molecule has 3 amide bonds. The molecule has 0 radical (unpaired) electrons. The molecule has 0 unspecified atom stereocenters. The Labute approximate surface area is 229 Å². The molecule has 0 atom stereocenters. The van der Waals surface area contributed by atoms with Gasteiger partial charge in [-0.05, 0) is 56.3 Å². The van der Waals surface area contributed by atoms with Gasteiger partial charge in [0.25, 0.3) is 0 Å². The van der Waals surface area contributed by atoms with E-state index in [1.54, 1.807) is 13.8 Å². The molecule has 0 aliphatic carbocycles. The summed E-state index contributed by atoms with van der Waals surface area (Å²) in [5, 5.41) is 5.13. The molecule has 0 spiro atoms. The Hall–Kier alpha value is -4.78. The number of nitrogens with one attached hydrogen (secondary N) is 2. The number of urea groups is 1. The molecule has 2 heterocycles. The number of anilines is 3. The maximum Gasteiger partial charge on any atom is 0.361 e. The van der Waals surface area contributed by atoms with Gasteiger partial charge in [-0.3, -0.25) is 4.79 Å². The monoisotopic (exact) mass is 552 g/mol. The van der Waals surface area contributed by atoms with Crippen LogP contribution in [0.3, 0.4) is 0 Å². The lowest BCUT2D eigenvalue weighted by atomic mass is 10.1. The number of nitrogens with zero attached hydrogens (tertiary/aromatic N) is 3. The molecule has 2 aromatic carbocycles. The number of primary amides is 1. The minimum atomic E-state index is -0.726. The standard InChI is InChI=1S/C27H29FN6O6/c1-3-39-22-21(26(36)40-4-2)32-24(33-25(22)34-11-13-38-14-12-34)19-10-9-18(15-20(19)28)31-27(37)30-17-7-5-16(6-8-17)23(29)35/h5-10,15H,3-4,11-14H2,1-2H3,(H2,29,35)(H2,30,31,37). The summed E-state index contributed by atoms with van der Waals surface area (Å²) in [6.45, 7) is 5.68. The largest absolute Gasteiger partial charge is 0.488 e. The number of nitrogens with two attached hydrogens (primary N) is 1. The van der Waals surface area contributed by atoms with E-state index in [0.717, 1.165) is 6.07 Å². The van der Waals surface area contributed by atoms with Crippen LogP contribution in [0.4, 0.5) is 26.4 Å². The number of hydrogen-bond donors (Lipinski definition) is 3. The minimum absolute atomic E-state index is 0.0103. The van der Waals surface area contributed by atoms with Crippen LogP contribution in [0.2, 0.25) is 0 Å². The number of amides is 3. The molecule has 3 aromatic rings. The SMILES string of the molecule is CCOC(=O)c1nc(-c2ccc(NC(=O)Nc3ccc(C(N)=O)cc3)cc2F)nc(N2CCOCC2)c1OCC. The Balaban J connectivity index is 1.62. The van der Waals surface area contributed by atoms with Gasteiger partial charge in [0.15, 0.2) is 23.1 Å². The molecule has 0 bridgehead atoms. The van der Waals surface area contributed by atoms with Crippen LogP contribution in [-0.4, -0.2) is 67.4 Å². The van der Waals surface area contributed by atoms with Crippen LogP contribution in [0.5, 0.6) is 5.75 Å². The third-order valence-electron chi connectivity index (χ3n) is 5.81. The molecule has 0 saturated carbocycles. The lowest BCUT2D eigenvalue weighted by Gasteiger charge is -2.29. The van der Waals surface area contributed by atoms with Gasteiger partial charge in [-0.2, -0.15) is 0 Å². The summed E-state index contributed by atoms with van der Waals surface area (Å²) in [5.74, 6) is -1.59. The first-order valence-corrected chi connectivity index (χ1v) is 12.6. The number of aromatic nitrogens is 2. The van der Waals surface area contributed by atoms with Crippen LogP contribution in [0.15, 0.2) is 42.5 Å². The summed E-state index contributed by atoms with van der Waals surface area (Å²) in [7, 11) is 0. The first-order chi connectivity index (χ1) is 19.3. The Morgan fingerprint density at radius 2 is 1.68 bits per heavy atom. The van der Waals surface area contributed by atoms with E-state index in [-0.39, 0.29) is 41.7 Å². The summed E-state index contributed by atoms with van der Waals surface area (Å²) in [6, 6.07) is 9.34. The highest BCUT2D eigenvalue weighted by molar-refractivity contribution is 6.00. The van der Waals surface area contributed by atoms with Crippen LogP contribution in [-0.2, 0) is 9.47 Å². The number of esters is 1. The molecule has 4 N–H and O–H groups in total. The van der Waals surface area contributed by atoms with Crippen LogP contribution in [0.1, 0.15) is 34.7 Å². The molecule has 1 aliphatic rings. The Morgan fingerprint density at radius 3 is 2.30 bits per heavy atom. The van der Waals surface area contributed by atoms with E-state index in [4.69, 9.17) is 19.9 Å². The number of rotatable bonds is 9. The minimum Gasteiger partial charge on any atom is -0.488 e. The summed E-state index contributed by atoms with van der Waals surface area (Å²) >= 11 is 0. The number of halogens is 1. The highest BCUT2D eigenvalue weighted by Gasteiger charge is 2.28. The van der Waals surface area contributed by atoms with Crippen molar-refractivity contribution in [1.82, 2.24) is 9.97 Å². The number of ether oxygens (including phenoxy) is 3. The van der Waals surface area contributed by atoms with E-state index >= 15 is 4.39 Å². The first-order valence-electron chi connectivity index (χ1n) is 12.6. The molecule has 1 saturated heterocycles. The number of morpholine rings is 1. The molecular weight excluding hydrogens is 523 g/mol. The molecule has 4 rings (SSSR count). The fourth-order valence-corrected chi connectivity index (χ4v) is 3.95. The topological polar surface area (TPSA) is 158 Å². The van der Waals surface area contributed by atoms with Crippen molar-refractivity contribution in [3.05, 3.63) is 59.5 Å². The zero-order chi connectivity index (χ0) is 28.6. The summed E-state index contributed by atoms with van der Waals surface area (Å²) in [4.78, 5) is 47.2. The molecule has 1 aromatic heterocycles. The molecule has 40 heavy (non-hydrogen) atoms. The van der Waals surface area contributed by atoms with Crippen molar-refractivity contribution in [3.63, 3.8) is 0 Å². The highest BCUT2D eigenvalue weighted by Crippen LogP contribution is 2.34. The van der Waals surface area contributed by atoms with E-state index in [1.165, 1.54) is 36.4 Å². The number of carbonyl (C=O) groups is 3. The lowest BCUT2D eigenvalue weighted by Crippen LogP contribution is -2.37. The van der Waals surface area contributed by atoms with Crippen molar-refractivity contribution in [1.29, 1.82) is 0 Å². The fourth-order valence-electron chi connectivity index (χ4n) is 3.95. The van der Waals surface area contributed by atoms with Gasteiger partial charge in [0.2, 0.25) is 5.91 Å². The Bertz CT molecular complexity index is 1400. The van der Waals surface area contributed by atoms with Crippen LogP contribution in [0, 0.1) is 5.82 Å². The van der Waals surface area contributed by atoms with E-state index in [9.17, 15) is 14.4 Å². The zero-order valence-electron chi connectivity index (χ0n) is 22.0. The number of carbonyl (C=O) groups excluding carboxylic acids is 3. The van der Waals surface area contributed by atoms with Crippen molar-refractivity contribution in [2.75, 3.05) is 55.1 Å². The maximum atomic E-state index is 15.4. The van der Waals surface area contributed by atoms with E-state index < -0.39 is 23.7 Å². The predicted octanol–water partition coefficient (Wildman–Crippen LogP) is 3.44. The number of hydrogen-bond acceptors (Lipinski definition) is 9. The Morgan fingerprint density at radius 1 is 1.00 bits per heavy atom. The van der Waals surface area contributed by atoms with Gasteiger partial charge in [-0.1, -0.05) is 0 Å². The normalized spacial score (nSPS) is 12.9. The predicted molar refractivity (Wildman–Crippen MR) is 145 cm³/mol. The Kier molecular flexibility index (Phi) is 9.07. The first kappa shape index (κ1) is 28.2. The van der Waals surface area contributed by atoms with Crippen molar-refractivity contribution >= 4 is 35.1 Å². The smallest absolute Gasteiger partial charge is 0.361 e. The lowest BCUT2D eigenvalue weighted by molar-refractivity contribution is 0.0514. The third-order valence-corrected chi connectivity index (χ3v) is 5.81. The molecule has 210 valence electrons. The van der Waals surface area contributed by atoms with Gasteiger partial charge in [0, 0.05) is 30.0 Å². The van der Waals surface area contributed by atoms with Crippen molar-refractivity contribution < 1.29 is 33.0 Å². The van der Waals surface area contributed by atoms with Crippen LogP contribution < -0.4 is 26.0 Å². The van der Waals surface area contributed by atoms with E-state index in [2.05, 4.69) is 20.6 Å². The van der Waals surface area contributed by atoms with E-state index in [1.807, 2.05) is 4.90 Å². The van der Waals surface area contributed by atoms with Crippen LogP contribution in [0.25, 0.3) is 11.4 Å². The molecule has 12 nitrogen and oxygen atoms in total. The molecule has 1 fully saturated rings. The van der Waals surface area contributed by atoms with Crippen molar-refractivity contribution in [2.24, 2.45) is 5.73 Å². The van der Waals surface area contributed by atoms with Crippen molar-refractivity contribution in [2.45, 2.75) is 13.8 Å². The van der Waals surface area contributed by atoms with Gasteiger partial charge in [-0.15, -0.1) is 0 Å². The van der Waals surface area contributed by atoms with Crippen LogP contribution >= 0.6 is 0 Å². The summed E-state index contributed by atoms with van der Waals surface area (Å²) in [5.41, 5.74) is 5.98. The average Bonchev–Trinajstić information content (AvgIpc) is 2.94. The highest BCUT2D eigenvalue weighted by atomic mass is 19.1. The van der Waals surface area contributed by atoms with Gasteiger partial charge in [0.05, 0.1) is 32.0 Å². The van der Waals surface area contributed by atoms with Gasteiger partial charge in [0.1, 0.15) is 5.82 Å². The van der Waals surface area contributed by atoms with Crippen molar-refractivity contribution in [3.8, 4) is 17.1 Å².